The van der Waals surface area contributed by atoms with Crippen LogP contribution in [0.3, 0.4) is 0 Å². The fourth-order valence-corrected chi connectivity index (χ4v) is 12.7. The number of amides is 7. The molecule has 7 amide bonds. The largest absolute Gasteiger partial charge is 0.502 e. The topological polar surface area (TPSA) is 384 Å². The molecule has 10 rings (SSSR count). The fraction of sp³-hybridized carbons (Fsp3) is 0.330. The molecular formula is C109H140BCl2I2N9O16P+. The lowest BCUT2D eigenvalue weighted by atomic mass is 10.0. The molecule has 10 aromatic rings. The van der Waals surface area contributed by atoms with Gasteiger partial charge in [0.05, 0.1) is 25.3 Å². The Hall–Kier alpha value is -12.1. The van der Waals surface area contributed by atoms with Gasteiger partial charge in [-0.15, -0.1) is 35.8 Å². The van der Waals surface area contributed by atoms with Crippen molar-refractivity contribution in [3.8, 4) is 24.2 Å². The van der Waals surface area contributed by atoms with Crippen molar-refractivity contribution in [1.82, 2.24) is 16.0 Å². The molecule has 31 heteroatoms. The Balaban J connectivity index is 0. The second-order valence-corrected chi connectivity index (χ2v) is 37.5. The number of para-hydroxylation sites is 5. The number of rotatable bonds is 19. The summed E-state index contributed by atoms with van der Waals surface area (Å²) >= 11 is 4.28. The van der Waals surface area contributed by atoms with Crippen molar-refractivity contribution >= 4 is 168 Å². The molecule has 0 aliphatic carbocycles. The Morgan fingerprint density at radius 2 is 0.714 bits per heavy atom. The van der Waals surface area contributed by atoms with Crippen molar-refractivity contribution in [2.24, 2.45) is 5.73 Å². The SMILES string of the molecule is C#CCNC(=O)OC(C)(C)C.CCO.CCOC(C)=O.Cc1cccc(C)c1N.Cc1cccc(C)c1NC(=O)c1cccc(C#CCNC(=O)OC(C)(C)C)c1.Cc1cccc(C)c1NC(=O)c1cccc(CCCN)c1.Cc1cccc(C)c1NC(=O)c1cccc(CCCNC(=O)OC(C)(C)C)c1.Cc1cccc(C)c1NC(=O)c1cccc(I)c1.Cl.Cl.O=C(O)c1cccc(I)c1.[B][P+](C)=O. The monoisotopic (exact) mass is 2200 g/mol. The molecule has 752 valence electrons. The predicted octanol–water partition coefficient (Wildman–Crippen LogP) is 24.0. The Bertz CT molecular complexity index is 5640. The van der Waals surface area contributed by atoms with Crippen LogP contribution in [0.1, 0.15) is 220 Å². The number of halogens is 4. The first-order chi connectivity index (χ1) is 64.8. The minimum absolute atomic E-state index is 0. The Kier molecular flexibility index (Phi) is 64.6. The van der Waals surface area contributed by atoms with Crippen LogP contribution < -0.4 is 48.7 Å². The molecule has 0 aromatic heterocycles. The second kappa shape index (κ2) is 69.7. The van der Waals surface area contributed by atoms with Gasteiger partial charge in [-0.25, -0.2) is 19.2 Å². The van der Waals surface area contributed by atoms with E-state index in [-0.39, 0.29) is 74.1 Å². The van der Waals surface area contributed by atoms with Gasteiger partial charge in [0, 0.05) is 83.5 Å². The first-order valence-corrected chi connectivity index (χ1v) is 48.5. The molecule has 0 aliphatic heterocycles. The molecule has 0 saturated carbocycles. The van der Waals surface area contributed by atoms with Crippen LogP contribution in [0.15, 0.2) is 212 Å². The number of anilines is 5. The lowest BCUT2D eigenvalue weighted by molar-refractivity contribution is -0.140. The molecule has 25 nitrogen and oxygen atoms in total. The number of benzene rings is 10. The van der Waals surface area contributed by atoms with E-state index in [9.17, 15) is 47.7 Å². The van der Waals surface area contributed by atoms with Crippen LogP contribution in [0.4, 0.5) is 42.8 Å². The maximum Gasteiger partial charge on any atom is 0.502 e. The first-order valence-electron chi connectivity index (χ1n) is 44.6. The van der Waals surface area contributed by atoms with Crippen molar-refractivity contribution in [2.45, 2.75) is 195 Å². The Labute approximate surface area is 871 Å². The summed E-state index contributed by atoms with van der Waals surface area (Å²) in [5, 5.41) is 35.8. The number of hydrogen-bond donors (Lipinski definition) is 11. The van der Waals surface area contributed by atoms with E-state index >= 15 is 0 Å². The van der Waals surface area contributed by atoms with E-state index < -0.39 is 48.7 Å². The molecule has 0 heterocycles. The number of aliphatic hydroxyl groups is 1. The van der Waals surface area contributed by atoms with Gasteiger partial charge in [-0.1, -0.05) is 151 Å². The maximum absolute atomic E-state index is 12.6. The van der Waals surface area contributed by atoms with Gasteiger partial charge in [-0.3, -0.25) is 24.0 Å². The van der Waals surface area contributed by atoms with Crippen molar-refractivity contribution in [3.63, 3.8) is 0 Å². The third kappa shape index (κ3) is 58.1. The zero-order valence-electron chi connectivity index (χ0n) is 84.7. The number of carboxylic acid groups (broad SMARTS) is 1. The number of esters is 1. The summed E-state index contributed by atoms with van der Waals surface area (Å²) in [5.41, 5.74) is 30.6. The van der Waals surface area contributed by atoms with Crippen LogP contribution in [0, 0.1) is 101 Å². The summed E-state index contributed by atoms with van der Waals surface area (Å²) < 4.78 is 31.0. The van der Waals surface area contributed by atoms with E-state index in [0.717, 1.165) is 128 Å². The minimum atomic E-state index is -1.37. The van der Waals surface area contributed by atoms with Crippen LogP contribution in [0.25, 0.3) is 0 Å². The Morgan fingerprint density at radius 1 is 0.436 bits per heavy atom. The highest BCUT2D eigenvalue weighted by molar-refractivity contribution is 14.1. The van der Waals surface area contributed by atoms with E-state index in [1.54, 1.807) is 91.8 Å². The highest BCUT2D eigenvalue weighted by atomic mass is 127. The summed E-state index contributed by atoms with van der Waals surface area (Å²) in [5.74, 6) is 6.55. The normalized spacial score (nSPS) is 10.0. The first kappa shape index (κ1) is 130. The number of carboxylic acids is 1. The van der Waals surface area contributed by atoms with E-state index in [2.05, 4.69) is 112 Å². The number of hydrogen-bond acceptors (Lipinski definition) is 17. The van der Waals surface area contributed by atoms with Gasteiger partial charge in [-0.05, 0) is 368 Å². The molecule has 140 heavy (non-hydrogen) atoms. The molecule has 0 bridgehead atoms. The summed E-state index contributed by atoms with van der Waals surface area (Å²) in [6, 6.07) is 66.6. The van der Waals surface area contributed by atoms with Gasteiger partial charge in [0.1, 0.15) is 23.5 Å². The second-order valence-electron chi connectivity index (χ2n) is 33.9. The van der Waals surface area contributed by atoms with Gasteiger partial charge in [0.25, 0.3) is 31.3 Å². The number of nitrogens with one attached hydrogen (secondary N) is 7. The molecule has 13 N–H and O–H groups in total. The highest BCUT2D eigenvalue weighted by Crippen LogP contribution is 2.26. The number of terminal acetylenes is 1. The lowest BCUT2D eigenvalue weighted by Crippen LogP contribution is -2.33. The van der Waals surface area contributed by atoms with E-state index in [1.807, 2.05) is 266 Å². The van der Waals surface area contributed by atoms with Crippen molar-refractivity contribution in [3.05, 3.63) is 320 Å². The molecule has 0 fully saturated rings. The molecule has 1 atom stereocenters. The number of aromatic carboxylic acids is 1. The summed E-state index contributed by atoms with van der Waals surface area (Å²) in [7, 11) is 3.25. The number of aryl methyl sites for hydroxylation is 12. The zero-order chi connectivity index (χ0) is 104. The molecular weight excluding hydrogens is 2060 g/mol. The summed E-state index contributed by atoms with van der Waals surface area (Å²) in [4.78, 5) is 104. The van der Waals surface area contributed by atoms with E-state index in [0.29, 0.717) is 53.1 Å². The summed E-state index contributed by atoms with van der Waals surface area (Å²) in [6.07, 6.45) is 6.89. The van der Waals surface area contributed by atoms with Gasteiger partial charge >= 0.3 is 37.8 Å². The van der Waals surface area contributed by atoms with Crippen LogP contribution in [0.5, 0.6) is 0 Å². The standard InChI is InChI=1S/C23H30N2O3.C23H26N2O3.C18H22N2O.C15H14INO.C8H13NO2.C8H11N.C7H5IO2.C4H8O2.C2H6O.CH3BOP.2ClH/c2*1-16-9-6-10-17(2)20(16)25-21(26)19-13-7-11-18(15-19)12-8-14-24-22(27)28-23(3,4)5;1-13-6-3-7-14(2)17(13)20-18(21)16-10-4-8-15(12-16)9-5-11-19;1-10-5-3-6-11(2)14(10)17-15(18)12-7-4-8-13(16)9-12;1-5-6-9-7(10)11-8(2,3)4;1-6-4-3-5-7(2)8(6)9;8-6-3-1-2-5(4-6)7(9)10;1-3-6-4(2)5;1-2-3;1-4(2)3;;/h6-7,9-11,13,15H,8,12,14H2,1-5H3,(H,24,27)(H,25,26);6-7,9-11,13,15H,14H2,1-5H3,(H,24,27)(H,25,26);3-4,6-8,10,12H,5,9,11,19H2,1-2H3,(H,20,21);3-9H,1-2H3,(H,17,18);1H,6H2,2-4H3,(H,9,10);3-5H,9H2,1-2H3;1-4H,(H,9,10);3H2,1-2H3;3H,2H2,1H3;1H3;2*1H/q;;;;;;;;;+1;;. The average molecular weight is 2200 g/mol. The number of nitrogens with two attached hydrogens (primary N) is 2. The number of carbonyl (C=O) groups excluding carboxylic acids is 8. The van der Waals surface area contributed by atoms with Gasteiger partial charge in [0.15, 0.2) is 0 Å². The highest BCUT2D eigenvalue weighted by Gasteiger charge is 2.20. The van der Waals surface area contributed by atoms with Gasteiger partial charge in [-0.2, -0.15) is 0 Å². The average Bonchev–Trinajstić information content (AvgIpc) is 0.820. The van der Waals surface area contributed by atoms with E-state index in [4.69, 9.17) is 42.3 Å². The van der Waals surface area contributed by atoms with Gasteiger partial charge < -0.3 is 77.8 Å². The summed E-state index contributed by atoms with van der Waals surface area (Å²) in [6.45, 7) is 44.8. The van der Waals surface area contributed by atoms with Crippen LogP contribution in [-0.4, -0.2) is 134 Å². The lowest BCUT2D eigenvalue weighted by Gasteiger charge is -2.19. The van der Waals surface area contributed by atoms with Crippen molar-refractivity contribution < 1.29 is 76.9 Å². The predicted molar refractivity (Wildman–Crippen MR) is 593 cm³/mol. The Morgan fingerprint density at radius 3 is 1.00 bits per heavy atom. The minimum Gasteiger partial charge on any atom is -0.478 e. The molecule has 0 saturated heterocycles. The quantitative estimate of drug-likeness (QED) is 0.00523. The maximum atomic E-state index is 12.6. The van der Waals surface area contributed by atoms with Crippen LogP contribution in [-0.2, 0) is 41.1 Å². The van der Waals surface area contributed by atoms with Crippen molar-refractivity contribution in [1.29, 1.82) is 0 Å². The number of nitrogen functional groups attached to an aromatic ring is 1. The van der Waals surface area contributed by atoms with Gasteiger partial charge in [0.2, 0.25) is 0 Å². The number of carbonyl (C=O) groups is 9. The molecule has 0 spiro atoms. The smallest absolute Gasteiger partial charge is 0.478 e. The number of aliphatic hydroxyl groups excluding tert-OH is 1. The number of ether oxygens (including phenoxy) is 4. The van der Waals surface area contributed by atoms with Crippen LogP contribution >= 0.6 is 77.7 Å². The van der Waals surface area contributed by atoms with Crippen LogP contribution in [0.2, 0.25) is 0 Å². The zero-order valence-corrected chi connectivity index (χ0v) is 91.6. The molecule has 0 aliphatic rings. The van der Waals surface area contributed by atoms with E-state index in [1.165, 1.54) is 13.6 Å². The van der Waals surface area contributed by atoms with Crippen molar-refractivity contribution in [2.75, 3.05) is 73.1 Å². The number of alkyl carbamates (subject to hydrolysis) is 3. The fourth-order valence-electron chi connectivity index (χ4n) is 11.7. The molecule has 10 aromatic carbocycles. The third-order valence-electron chi connectivity index (χ3n) is 18.1. The molecule has 2 radical (unpaired) electrons. The third-order valence-corrected chi connectivity index (χ3v) is 19.4. The molecule has 1 unspecified atom stereocenters.